The Kier molecular flexibility index (Phi) is 5.83. The van der Waals surface area contributed by atoms with E-state index in [4.69, 9.17) is 5.11 Å². The predicted octanol–water partition coefficient (Wildman–Crippen LogP) is 3.44. The van der Waals surface area contributed by atoms with Gasteiger partial charge in [0, 0.05) is 4.90 Å². The molecular weight excluding hydrogens is 377 g/mol. The molecule has 1 rings (SSSR count). The number of carbonyl (C=O) groups is 2. The number of hydrogen-bond donors (Lipinski definition) is 2. The van der Waals surface area contributed by atoms with Gasteiger partial charge in [0.05, 0.1) is 4.83 Å². The maximum Gasteiger partial charge on any atom is 0.446 e. The Morgan fingerprint density at radius 3 is 2.29 bits per heavy atom. The molecule has 0 aliphatic heterocycles. The molecule has 4 nitrogen and oxygen atoms in total. The second-order valence-corrected chi connectivity index (χ2v) is 6.11. The Labute approximate surface area is 130 Å². The van der Waals surface area contributed by atoms with Crippen LogP contribution in [0.1, 0.15) is 29.0 Å². The fourth-order valence-corrected chi connectivity index (χ4v) is 2.56. The average Bonchev–Trinajstić information content (AvgIpc) is 2.34. The molecule has 0 saturated carbocycles. The van der Waals surface area contributed by atoms with Crippen LogP contribution in [0.4, 0.5) is 13.2 Å². The molecule has 9 heteroatoms. The molecule has 0 heterocycles. The highest BCUT2D eigenvalue weighted by atomic mass is 79.9. The van der Waals surface area contributed by atoms with Crippen molar-refractivity contribution in [1.82, 2.24) is 0 Å². The van der Waals surface area contributed by atoms with Gasteiger partial charge in [0.1, 0.15) is 5.78 Å². The number of Topliss-reactive ketones (excluding diaryl/α,β-unsaturated/α-hetero) is 1. The van der Waals surface area contributed by atoms with Crippen LogP contribution in [0, 0.1) is 0 Å². The molecule has 0 saturated heterocycles. The quantitative estimate of drug-likeness (QED) is 0.598. The summed E-state index contributed by atoms with van der Waals surface area (Å²) < 4.78 is 37.1. The Bertz CT molecular complexity index is 562. The first-order chi connectivity index (χ1) is 9.53. The summed E-state index contributed by atoms with van der Waals surface area (Å²) in [6, 6.07) is 3.16. The number of hydrogen-bond acceptors (Lipinski definition) is 4. The van der Waals surface area contributed by atoms with Gasteiger partial charge >= 0.3 is 11.5 Å². The molecule has 2 atom stereocenters. The van der Waals surface area contributed by atoms with Crippen molar-refractivity contribution in [2.45, 2.75) is 28.3 Å². The van der Waals surface area contributed by atoms with Gasteiger partial charge in [-0.25, -0.2) is 4.79 Å². The zero-order valence-electron chi connectivity index (χ0n) is 10.5. The molecule has 0 bridgehead atoms. The third kappa shape index (κ3) is 5.01. The average molecular weight is 387 g/mol. The number of carboxylic acid groups (broad SMARTS) is 1. The van der Waals surface area contributed by atoms with Gasteiger partial charge in [0.2, 0.25) is 0 Å². The fraction of sp³-hybridized carbons (Fsp3) is 0.333. The molecule has 116 valence electrons. The number of ketones is 1. The second-order valence-electron chi connectivity index (χ2n) is 4.05. The van der Waals surface area contributed by atoms with E-state index in [9.17, 15) is 27.9 Å². The van der Waals surface area contributed by atoms with Crippen molar-refractivity contribution in [2.24, 2.45) is 0 Å². The summed E-state index contributed by atoms with van der Waals surface area (Å²) in [4.78, 5) is 21.0. The second kappa shape index (κ2) is 6.80. The van der Waals surface area contributed by atoms with E-state index in [0.29, 0.717) is 0 Å². The molecule has 0 fully saturated rings. The SMILES string of the molecule is CC(=O)C(Br)c1cc(SC(F)(F)F)ccc1C(O)C(=O)O. The van der Waals surface area contributed by atoms with Gasteiger partial charge in [-0.3, -0.25) is 4.79 Å². The zero-order chi connectivity index (χ0) is 16.4. The van der Waals surface area contributed by atoms with Crippen LogP contribution < -0.4 is 0 Å². The Balaban J connectivity index is 3.33. The topological polar surface area (TPSA) is 74.6 Å². The highest BCUT2D eigenvalue weighted by Gasteiger charge is 2.31. The summed E-state index contributed by atoms with van der Waals surface area (Å²) in [5.41, 5.74) is -4.65. The molecule has 0 spiro atoms. The van der Waals surface area contributed by atoms with Crippen molar-refractivity contribution in [3.05, 3.63) is 29.3 Å². The number of carbonyl (C=O) groups excluding carboxylic acids is 1. The van der Waals surface area contributed by atoms with Crippen LogP contribution in [0.3, 0.4) is 0 Å². The Hall–Kier alpha value is -1.06. The number of benzene rings is 1. The lowest BCUT2D eigenvalue weighted by atomic mass is 9.98. The predicted molar refractivity (Wildman–Crippen MR) is 73.3 cm³/mol. The van der Waals surface area contributed by atoms with Gasteiger partial charge in [-0.15, -0.1) is 0 Å². The van der Waals surface area contributed by atoms with Gasteiger partial charge < -0.3 is 10.2 Å². The van der Waals surface area contributed by atoms with E-state index in [1.54, 1.807) is 0 Å². The molecular formula is C12H10BrF3O4S. The normalized spacial score (nSPS) is 14.6. The van der Waals surface area contributed by atoms with E-state index in [0.717, 1.165) is 18.2 Å². The van der Waals surface area contributed by atoms with Crippen molar-refractivity contribution >= 4 is 39.4 Å². The molecule has 1 aromatic rings. The summed E-state index contributed by atoms with van der Waals surface area (Å²) in [7, 11) is 0. The minimum absolute atomic E-state index is 0.00773. The van der Waals surface area contributed by atoms with Crippen LogP contribution in [0.2, 0.25) is 0 Å². The number of alkyl halides is 4. The minimum atomic E-state index is -4.51. The van der Waals surface area contributed by atoms with Crippen LogP contribution in [-0.4, -0.2) is 27.5 Å². The maximum absolute atomic E-state index is 12.4. The largest absolute Gasteiger partial charge is 0.479 e. The first kappa shape index (κ1) is 18.0. The van der Waals surface area contributed by atoms with Crippen molar-refractivity contribution < 1.29 is 33.0 Å². The maximum atomic E-state index is 12.4. The number of halogens is 4. The van der Waals surface area contributed by atoms with Crippen LogP contribution >= 0.6 is 27.7 Å². The van der Waals surface area contributed by atoms with Gasteiger partial charge in [-0.2, -0.15) is 13.2 Å². The fourth-order valence-electron chi connectivity index (χ4n) is 1.57. The van der Waals surface area contributed by atoms with E-state index in [2.05, 4.69) is 15.9 Å². The Morgan fingerprint density at radius 2 is 1.86 bits per heavy atom. The van der Waals surface area contributed by atoms with Crippen LogP contribution in [0.25, 0.3) is 0 Å². The van der Waals surface area contributed by atoms with Crippen molar-refractivity contribution in [1.29, 1.82) is 0 Å². The molecule has 0 aliphatic rings. The molecule has 21 heavy (non-hydrogen) atoms. The molecule has 1 aromatic carbocycles. The summed E-state index contributed by atoms with van der Waals surface area (Å²) in [6.45, 7) is 1.19. The van der Waals surface area contributed by atoms with Crippen molar-refractivity contribution in [3.8, 4) is 0 Å². The third-order valence-corrected chi connectivity index (χ3v) is 4.31. The summed E-state index contributed by atoms with van der Waals surface area (Å²) in [6.07, 6.45) is -1.93. The summed E-state index contributed by atoms with van der Waals surface area (Å²) in [5.74, 6) is -1.99. The summed E-state index contributed by atoms with van der Waals surface area (Å²) in [5, 5.41) is 18.4. The van der Waals surface area contributed by atoms with Crippen LogP contribution in [-0.2, 0) is 9.59 Å². The zero-order valence-corrected chi connectivity index (χ0v) is 12.9. The number of aliphatic hydroxyl groups is 1. The monoisotopic (exact) mass is 386 g/mol. The smallest absolute Gasteiger partial charge is 0.446 e. The van der Waals surface area contributed by atoms with Crippen LogP contribution in [0.15, 0.2) is 23.1 Å². The highest BCUT2D eigenvalue weighted by Crippen LogP contribution is 2.40. The van der Waals surface area contributed by atoms with Crippen molar-refractivity contribution in [2.75, 3.05) is 0 Å². The molecule has 2 unspecified atom stereocenters. The highest BCUT2D eigenvalue weighted by molar-refractivity contribution is 9.09. The lowest BCUT2D eigenvalue weighted by Gasteiger charge is -2.17. The number of aliphatic hydroxyl groups excluding tert-OH is 1. The minimum Gasteiger partial charge on any atom is -0.479 e. The van der Waals surface area contributed by atoms with E-state index in [1.807, 2.05) is 0 Å². The van der Waals surface area contributed by atoms with Crippen LogP contribution in [0.5, 0.6) is 0 Å². The molecule has 0 radical (unpaired) electrons. The first-order valence-electron chi connectivity index (χ1n) is 5.48. The Morgan fingerprint density at radius 1 is 1.29 bits per heavy atom. The summed E-state index contributed by atoms with van der Waals surface area (Å²) >= 11 is 2.60. The standard InChI is InChI=1S/C12H10BrF3O4S/c1-5(17)9(13)8-4-6(21-12(14,15)16)2-3-7(8)10(18)11(19)20/h2-4,9-10,18H,1H3,(H,19,20). The van der Waals surface area contributed by atoms with E-state index < -0.39 is 28.2 Å². The van der Waals surface area contributed by atoms with Gasteiger partial charge in [-0.1, -0.05) is 22.0 Å². The van der Waals surface area contributed by atoms with Gasteiger partial charge in [-0.05, 0) is 41.9 Å². The lowest BCUT2D eigenvalue weighted by Crippen LogP contribution is -2.15. The number of rotatable bonds is 5. The number of carboxylic acids is 1. The van der Waals surface area contributed by atoms with E-state index in [-0.39, 0.29) is 27.8 Å². The third-order valence-electron chi connectivity index (χ3n) is 2.45. The van der Waals surface area contributed by atoms with Gasteiger partial charge in [0.25, 0.3) is 0 Å². The molecule has 0 amide bonds. The molecule has 2 N–H and O–H groups in total. The van der Waals surface area contributed by atoms with E-state index >= 15 is 0 Å². The molecule has 0 aliphatic carbocycles. The van der Waals surface area contributed by atoms with Crippen molar-refractivity contribution in [3.63, 3.8) is 0 Å². The van der Waals surface area contributed by atoms with Gasteiger partial charge in [0.15, 0.2) is 6.10 Å². The number of thioether (sulfide) groups is 1. The molecule has 0 aromatic heterocycles. The number of aliphatic carboxylic acids is 1. The lowest BCUT2D eigenvalue weighted by molar-refractivity contribution is -0.147. The van der Waals surface area contributed by atoms with E-state index in [1.165, 1.54) is 6.92 Å². The first-order valence-corrected chi connectivity index (χ1v) is 7.21.